The molecule has 2 aromatic rings. The van der Waals surface area contributed by atoms with E-state index in [0.717, 1.165) is 11.1 Å². The van der Waals surface area contributed by atoms with Gasteiger partial charge in [0.25, 0.3) is 5.91 Å². The number of nitrogens with zero attached hydrogens (tertiary/aromatic N) is 1. The van der Waals surface area contributed by atoms with Crippen molar-refractivity contribution in [3.63, 3.8) is 0 Å². The average Bonchev–Trinajstić information content (AvgIpc) is 2.68. The zero-order valence-corrected chi connectivity index (χ0v) is 16.0. The summed E-state index contributed by atoms with van der Waals surface area (Å²) >= 11 is 0. The van der Waals surface area contributed by atoms with Crippen LogP contribution in [0.15, 0.2) is 54.6 Å². The molecule has 2 aromatic carbocycles. The molecule has 0 saturated carbocycles. The van der Waals surface area contributed by atoms with Crippen molar-refractivity contribution in [3.8, 4) is 17.2 Å². The molecule has 0 bridgehead atoms. The predicted octanol–water partition coefficient (Wildman–Crippen LogP) is 3.95. The number of ether oxygens (including phenoxy) is 1. The highest BCUT2D eigenvalue weighted by Crippen LogP contribution is 2.20. The van der Waals surface area contributed by atoms with Crippen LogP contribution in [0, 0.1) is 17.2 Å². The summed E-state index contributed by atoms with van der Waals surface area (Å²) in [5.41, 5.74) is 1.38. The fourth-order valence-electron chi connectivity index (χ4n) is 2.37. The van der Waals surface area contributed by atoms with Crippen LogP contribution in [0.3, 0.4) is 0 Å². The van der Waals surface area contributed by atoms with Crippen LogP contribution < -0.4 is 5.32 Å². The Bertz CT molecular complexity index is 838. The molecule has 2 atom stereocenters. The molecule has 0 aromatic heterocycles. The van der Waals surface area contributed by atoms with E-state index in [1.807, 2.05) is 56.3 Å². The van der Waals surface area contributed by atoms with Crippen molar-refractivity contribution in [2.75, 3.05) is 0 Å². The highest BCUT2D eigenvalue weighted by Gasteiger charge is 2.32. The zero-order valence-electron chi connectivity index (χ0n) is 16.0. The second-order valence-electron chi connectivity index (χ2n) is 6.95. The molecule has 0 heterocycles. The SMILES string of the molecule is CC(C)[C@](C)(C#N)NC(=O)[C@@H](C)OC(=O)c1ccc(-c2ccccc2)cc1. The molecular formula is C22H24N2O3. The minimum absolute atomic E-state index is 0.0834. The van der Waals surface area contributed by atoms with Crippen molar-refractivity contribution in [1.82, 2.24) is 5.32 Å². The smallest absolute Gasteiger partial charge is 0.338 e. The van der Waals surface area contributed by atoms with Crippen LogP contribution in [-0.4, -0.2) is 23.5 Å². The Morgan fingerprint density at radius 3 is 2.07 bits per heavy atom. The summed E-state index contributed by atoms with van der Waals surface area (Å²) in [6.07, 6.45) is -1.00. The molecular weight excluding hydrogens is 340 g/mol. The molecule has 5 nitrogen and oxygen atoms in total. The number of amides is 1. The first-order valence-corrected chi connectivity index (χ1v) is 8.86. The van der Waals surface area contributed by atoms with Crippen LogP contribution in [0.5, 0.6) is 0 Å². The van der Waals surface area contributed by atoms with Crippen LogP contribution in [0.1, 0.15) is 38.1 Å². The van der Waals surface area contributed by atoms with E-state index in [1.54, 1.807) is 19.1 Å². The van der Waals surface area contributed by atoms with Gasteiger partial charge in [0.05, 0.1) is 11.6 Å². The Morgan fingerprint density at radius 1 is 1.00 bits per heavy atom. The van der Waals surface area contributed by atoms with Crippen LogP contribution in [0.4, 0.5) is 0 Å². The molecule has 1 amide bonds. The lowest BCUT2D eigenvalue weighted by Gasteiger charge is -2.28. The Balaban J connectivity index is 2.02. The van der Waals surface area contributed by atoms with Crippen molar-refractivity contribution in [2.45, 2.75) is 39.3 Å². The Kier molecular flexibility index (Phi) is 6.36. The topological polar surface area (TPSA) is 79.2 Å². The number of carbonyl (C=O) groups excluding carboxylic acids is 2. The number of esters is 1. The Hall–Kier alpha value is -3.13. The summed E-state index contributed by atoms with van der Waals surface area (Å²) in [6, 6.07) is 18.9. The van der Waals surface area contributed by atoms with E-state index in [2.05, 4.69) is 11.4 Å². The van der Waals surface area contributed by atoms with Gasteiger partial charge >= 0.3 is 5.97 Å². The van der Waals surface area contributed by atoms with Crippen LogP contribution in [-0.2, 0) is 9.53 Å². The minimum Gasteiger partial charge on any atom is -0.449 e. The standard InChI is InChI=1S/C22H24N2O3/c1-15(2)22(4,14-23)24-20(25)16(3)27-21(26)19-12-10-18(11-13-19)17-8-6-5-7-9-17/h5-13,15-16H,1-4H3,(H,24,25)/t16-,22+/m1/s1. The van der Waals surface area contributed by atoms with Crippen molar-refractivity contribution >= 4 is 11.9 Å². The molecule has 27 heavy (non-hydrogen) atoms. The normalized spacial score (nSPS) is 13.9. The summed E-state index contributed by atoms with van der Waals surface area (Å²) in [4.78, 5) is 24.6. The third-order valence-electron chi connectivity index (χ3n) is 4.65. The third-order valence-corrected chi connectivity index (χ3v) is 4.65. The maximum absolute atomic E-state index is 12.3. The number of hydrogen-bond donors (Lipinski definition) is 1. The average molecular weight is 364 g/mol. The maximum atomic E-state index is 12.3. The fourth-order valence-corrected chi connectivity index (χ4v) is 2.37. The van der Waals surface area contributed by atoms with E-state index in [1.165, 1.54) is 6.92 Å². The third kappa shape index (κ3) is 4.95. The molecule has 0 aliphatic rings. The second kappa shape index (κ2) is 8.50. The van der Waals surface area contributed by atoms with Crippen LogP contribution in [0.25, 0.3) is 11.1 Å². The first-order valence-electron chi connectivity index (χ1n) is 8.86. The Morgan fingerprint density at radius 2 is 1.56 bits per heavy atom. The molecule has 0 radical (unpaired) electrons. The molecule has 0 aliphatic heterocycles. The molecule has 0 aliphatic carbocycles. The number of rotatable bonds is 6. The number of carbonyl (C=O) groups is 2. The minimum atomic E-state index is -1.02. The van der Waals surface area contributed by atoms with Gasteiger partial charge < -0.3 is 10.1 Å². The first-order chi connectivity index (χ1) is 12.8. The molecule has 140 valence electrons. The number of nitriles is 1. The predicted molar refractivity (Wildman–Crippen MR) is 104 cm³/mol. The summed E-state index contributed by atoms with van der Waals surface area (Å²) in [5, 5.41) is 11.9. The molecule has 0 unspecified atom stereocenters. The van der Waals surface area contributed by atoms with Gasteiger partial charge in [-0.05, 0) is 43.0 Å². The van der Waals surface area contributed by atoms with Gasteiger partial charge in [-0.3, -0.25) is 4.79 Å². The van der Waals surface area contributed by atoms with Gasteiger partial charge in [-0.15, -0.1) is 0 Å². The van der Waals surface area contributed by atoms with Crippen molar-refractivity contribution in [1.29, 1.82) is 5.26 Å². The van der Waals surface area contributed by atoms with E-state index >= 15 is 0 Å². The van der Waals surface area contributed by atoms with E-state index < -0.39 is 23.5 Å². The van der Waals surface area contributed by atoms with Crippen molar-refractivity contribution in [3.05, 3.63) is 60.2 Å². The second-order valence-corrected chi connectivity index (χ2v) is 6.95. The van der Waals surface area contributed by atoms with Gasteiger partial charge in [0.2, 0.25) is 0 Å². The van der Waals surface area contributed by atoms with Crippen LogP contribution >= 0.6 is 0 Å². The first kappa shape index (κ1) is 20.2. The molecule has 0 spiro atoms. The number of nitrogens with one attached hydrogen (secondary N) is 1. The van der Waals surface area contributed by atoms with E-state index in [-0.39, 0.29) is 5.92 Å². The van der Waals surface area contributed by atoms with Gasteiger partial charge in [0, 0.05) is 0 Å². The monoisotopic (exact) mass is 364 g/mol. The lowest BCUT2D eigenvalue weighted by molar-refractivity contribution is -0.130. The number of hydrogen-bond acceptors (Lipinski definition) is 4. The van der Waals surface area contributed by atoms with Crippen molar-refractivity contribution in [2.24, 2.45) is 5.92 Å². The van der Waals surface area contributed by atoms with E-state index in [9.17, 15) is 14.9 Å². The maximum Gasteiger partial charge on any atom is 0.338 e. The molecule has 1 N–H and O–H groups in total. The molecule has 5 heteroatoms. The number of benzene rings is 2. The highest BCUT2D eigenvalue weighted by molar-refractivity contribution is 5.92. The Labute approximate surface area is 160 Å². The van der Waals surface area contributed by atoms with E-state index in [0.29, 0.717) is 5.56 Å². The molecule has 2 rings (SSSR count). The molecule has 0 fully saturated rings. The fraction of sp³-hybridized carbons (Fsp3) is 0.318. The van der Waals surface area contributed by atoms with E-state index in [4.69, 9.17) is 4.74 Å². The summed E-state index contributed by atoms with van der Waals surface area (Å²) < 4.78 is 5.25. The zero-order chi connectivity index (χ0) is 20.0. The van der Waals surface area contributed by atoms with Gasteiger partial charge in [0.1, 0.15) is 5.54 Å². The summed E-state index contributed by atoms with van der Waals surface area (Å²) in [7, 11) is 0. The lowest BCUT2D eigenvalue weighted by Crippen LogP contribution is -2.52. The summed E-state index contributed by atoms with van der Waals surface area (Å²) in [5.74, 6) is -1.16. The largest absolute Gasteiger partial charge is 0.449 e. The van der Waals surface area contributed by atoms with Gasteiger partial charge in [0.15, 0.2) is 6.10 Å². The lowest BCUT2D eigenvalue weighted by atomic mass is 9.90. The van der Waals surface area contributed by atoms with Crippen molar-refractivity contribution < 1.29 is 14.3 Å². The summed E-state index contributed by atoms with van der Waals surface area (Å²) in [6.45, 7) is 6.82. The van der Waals surface area contributed by atoms with Gasteiger partial charge in [-0.2, -0.15) is 5.26 Å². The quantitative estimate of drug-likeness (QED) is 0.787. The van der Waals surface area contributed by atoms with Crippen LogP contribution in [0.2, 0.25) is 0 Å². The molecule has 0 saturated heterocycles. The van der Waals surface area contributed by atoms with Gasteiger partial charge in [-0.25, -0.2) is 4.79 Å². The van der Waals surface area contributed by atoms with Gasteiger partial charge in [-0.1, -0.05) is 56.3 Å². The highest BCUT2D eigenvalue weighted by atomic mass is 16.5.